The summed E-state index contributed by atoms with van der Waals surface area (Å²) in [6.45, 7) is 4.53. The quantitative estimate of drug-likeness (QED) is 0.685. The number of hydrogen-bond acceptors (Lipinski definition) is 2. The minimum Gasteiger partial charge on any atom is -0.466 e. The van der Waals surface area contributed by atoms with E-state index >= 15 is 0 Å². The largest absolute Gasteiger partial charge is 0.466 e. The van der Waals surface area contributed by atoms with Gasteiger partial charge in [0.25, 0.3) is 0 Å². The van der Waals surface area contributed by atoms with Crippen LogP contribution in [0.1, 0.15) is 45.1 Å². The van der Waals surface area contributed by atoms with Crippen molar-refractivity contribution in [3.8, 4) is 0 Å². The molecule has 0 aliphatic heterocycles. The molecule has 1 fully saturated rings. The Balaban J connectivity index is 2.06. The van der Waals surface area contributed by atoms with Gasteiger partial charge in [-0.15, -0.1) is 0 Å². The van der Waals surface area contributed by atoms with Crippen molar-refractivity contribution >= 4 is 12.0 Å². The highest BCUT2D eigenvalue weighted by molar-refractivity contribution is 5.78. The monoisotopic (exact) mass is 272 g/mol. The minimum atomic E-state index is -0.0266. The van der Waals surface area contributed by atoms with E-state index in [-0.39, 0.29) is 17.3 Å². The number of carbonyl (C=O) groups excluding carboxylic acids is 1. The highest BCUT2D eigenvalue weighted by atomic mass is 16.5. The number of ether oxygens (including phenoxy) is 1. The lowest BCUT2D eigenvalue weighted by Crippen LogP contribution is -2.12. The summed E-state index contributed by atoms with van der Waals surface area (Å²) in [6.07, 6.45) is 8.73. The smallest absolute Gasteiger partial charge is 0.309 e. The van der Waals surface area contributed by atoms with Crippen LogP contribution in [0, 0.1) is 11.3 Å². The third-order valence-electron chi connectivity index (χ3n) is 4.09. The lowest BCUT2D eigenvalue weighted by atomic mass is 9.94. The molecule has 1 saturated carbocycles. The zero-order chi connectivity index (χ0) is 14.4. The van der Waals surface area contributed by atoms with Gasteiger partial charge in [-0.05, 0) is 25.3 Å². The van der Waals surface area contributed by atoms with Crippen molar-refractivity contribution in [3.05, 3.63) is 42.0 Å². The number of rotatable bonds is 7. The summed E-state index contributed by atoms with van der Waals surface area (Å²) >= 11 is 0. The molecule has 2 atom stereocenters. The molecule has 0 aromatic heterocycles. The van der Waals surface area contributed by atoms with Crippen LogP contribution in [0.4, 0.5) is 0 Å². The molecule has 0 radical (unpaired) electrons. The summed E-state index contributed by atoms with van der Waals surface area (Å²) in [5, 5.41) is 0. The summed E-state index contributed by atoms with van der Waals surface area (Å²) in [5.41, 5.74) is 1.23. The van der Waals surface area contributed by atoms with Gasteiger partial charge in [0.05, 0.1) is 12.5 Å². The van der Waals surface area contributed by atoms with Crippen molar-refractivity contribution in [2.24, 2.45) is 11.3 Å². The molecule has 0 N–H and O–H groups in total. The van der Waals surface area contributed by atoms with Gasteiger partial charge in [0, 0.05) is 5.41 Å². The summed E-state index contributed by atoms with van der Waals surface area (Å²) in [4.78, 5) is 11.9. The molecule has 0 unspecified atom stereocenters. The van der Waals surface area contributed by atoms with Crippen LogP contribution in [0.25, 0.3) is 6.08 Å². The van der Waals surface area contributed by atoms with Gasteiger partial charge in [0.2, 0.25) is 0 Å². The second kappa shape index (κ2) is 6.74. The molecular weight excluding hydrogens is 248 g/mol. The first-order valence-corrected chi connectivity index (χ1v) is 7.63. The van der Waals surface area contributed by atoms with Crippen molar-refractivity contribution in [2.75, 3.05) is 6.61 Å². The standard InChI is InChI=1S/C18H24O2/c1-3-5-12-18(14-16(18)17(19)20-4-2)13-11-15-9-7-6-8-10-15/h6-11,13,16H,3-5,12,14H2,1-2H3/b13-11-/t16-,18-/m0/s1. The maximum absolute atomic E-state index is 11.9. The van der Waals surface area contributed by atoms with E-state index in [1.807, 2.05) is 25.1 Å². The molecule has 1 aromatic rings. The molecular formula is C18H24O2. The minimum absolute atomic E-state index is 0.0266. The predicted molar refractivity (Wildman–Crippen MR) is 82.2 cm³/mol. The molecule has 0 bridgehead atoms. The van der Waals surface area contributed by atoms with Crippen LogP contribution in [0.15, 0.2) is 36.4 Å². The van der Waals surface area contributed by atoms with Crippen LogP contribution in [-0.4, -0.2) is 12.6 Å². The van der Waals surface area contributed by atoms with Crippen LogP contribution in [0.2, 0.25) is 0 Å². The zero-order valence-electron chi connectivity index (χ0n) is 12.5. The fourth-order valence-corrected chi connectivity index (χ4v) is 2.76. The Kier molecular flexibility index (Phi) is 4.99. The Hall–Kier alpha value is -1.57. The Morgan fingerprint density at radius 3 is 2.75 bits per heavy atom. The number of esters is 1. The molecule has 1 aliphatic carbocycles. The Morgan fingerprint density at radius 2 is 2.10 bits per heavy atom. The molecule has 2 heteroatoms. The molecule has 2 nitrogen and oxygen atoms in total. The first-order valence-electron chi connectivity index (χ1n) is 7.63. The first kappa shape index (κ1) is 14.8. The number of unbranched alkanes of at least 4 members (excludes halogenated alkanes) is 1. The van der Waals surface area contributed by atoms with Crippen molar-refractivity contribution in [2.45, 2.75) is 39.5 Å². The number of allylic oxidation sites excluding steroid dienone is 1. The van der Waals surface area contributed by atoms with Gasteiger partial charge >= 0.3 is 5.97 Å². The van der Waals surface area contributed by atoms with Crippen LogP contribution in [0.3, 0.4) is 0 Å². The van der Waals surface area contributed by atoms with E-state index in [1.54, 1.807) is 0 Å². The van der Waals surface area contributed by atoms with Crippen molar-refractivity contribution < 1.29 is 9.53 Å². The highest BCUT2D eigenvalue weighted by Gasteiger charge is 2.56. The van der Waals surface area contributed by atoms with E-state index in [2.05, 4.69) is 31.2 Å². The summed E-state index contributed by atoms with van der Waals surface area (Å²) in [5.74, 6) is 0.0373. The van der Waals surface area contributed by atoms with Gasteiger partial charge in [-0.2, -0.15) is 0 Å². The van der Waals surface area contributed by atoms with Crippen LogP contribution >= 0.6 is 0 Å². The molecule has 0 heterocycles. The average molecular weight is 272 g/mol. The van der Waals surface area contributed by atoms with Gasteiger partial charge in [0.1, 0.15) is 0 Å². The molecule has 2 rings (SSSR count). The van der Waals surface area contributed by atoms with E-state index in [9.17, 15) is 4.79 Å². The predicted octanol–water partition coefficient (Wildman–Crippen LogP) is 4.46. The summed E-state index contributed by atoms with van der Waals surface area (Å²) in [6, 6.07) is 10.3. The maximum Gasteiger partial charge on any atom is 0.309 e. The number of benzene rings is 1. The Bertz CT molecular complexity index is 464. The Labute approximate surface area is 121 Å². The van der Waals surface area contributed by atoms with Crippen molar-refractivity contribution in [3.63, 3.8) is 0 Å². The molecule has 1 aromatic carbocycles. The topological polar surface area (TPSA) is 26.3 Å². The lowest BCUT2D eigenvalue weighted by Gasteiger charge is -2.12. The summed E-state index contributed by atoms with van der Waals surface area (Å²) in [7, 11) is 0. The van der Waals surface area contributed by atoms with Gasteiger partial charge in [0.15, 0.2) is 0 Å². The third kappa shape index (κ3) is 3.50. The number of carbonyl (C=O) groups is 1. The third-order valence-corrected chi connectivity index (χ3v) is 4.09. The molecule has 0 spiro atoms. The Morgan fingerprint density at radius 1 is 1.35 bits per heavy atom. The van der Waals surface area contributed by atoms with Crippen molar-refractivity contribution in [1.29, 1.82) is 0 Å². The molecule has 108 valence electrons. The van der Waals surface area contributed by atoms with Crippen LogP contribution in [-0.2, 0) is 9.53 Å². The van der Waals surface area contributed by atoms with E-state index in [4.69, 9.17) is 4.74 Å². The number of hydrogen-bond donors (Lipinski definition) is 0. The fourth-order valence-electron chi connectivity index (χ4n) is 2.76. The zero-order valence-corrected chi connectivity index (χ0v) is 12.5. The summed E-state index contributed by atoms with van der Waals surface area (Å²) < 4.78 is 5.18. The second-order valence-electron chi connectivity index (χ2n) is 5.59. The second-order valence-corrected chi connectivity index (χ2v) is 5.59. The lowest BCUT2D eigenvalue weighted by molar-refractivity contribution is -0.145. The van der Waals surface area contributed by atoms with Crippen LogP contribution < -0.4 is 0 Å². The molecule has 20 heavy (non-hydrogen) atoms. The van der Waals surface area contributed by atoms with E-state index in [1.165, 1.54) is 5.56 Å². The maximum atomic E-state index is 11.9. The molecule has 0 amide bonds. The van der Waals surface area contributed by atoms with Gasteiger partial charge in [-0.3, -0.25) is 4.79 Å². The first-order chi connectivity index (χ1) is 9.72. The van der Waals surface area contributed by atoms with Gasteiger partial charge in [-0.1, -0.05) is 62.2 Å². The van der Waals surface area contributed by atoms with Gasteiger partial charge < -0.3 is 4.74 Å². The van der Waals surface area contributed by atoms with E-state index in [0.717, 1.165) is 25.7 Å². The van der Waals surface area contributed by atoms with E-state index in [0.29, 0.717) is 6.61 Å². The SMILES string of the molecule is CCCC[C@]1(/C=C\c2ccccc2)C[C@H]1C(=O)OCC. The normalized spacial score (nSPS) is 24.8. The highest BCUT2D eigenvalue weighted by Crippen LogP contribution is 2.58. The average Bonchev–Trinajstić information content (AvgIpc) is 3.20. The van der Waals surface area contributed by atoms with Gasteiger partial charge in [-0.25, -0.2) is 0 Å². The molecule has 1 aliphatic rings. The van der Waals surface area contributed by atoms with Crippen LogP contribution in [0.5, 0.6) is 0 Å². The van der Waals surface area contributed by atoms with Crippen molar-refractivity contribution in [1.82, 2.24) is 0 Å². The fraction of sp³-hybridized carbons (Fsp3) is 0.500. The molecule has 0 saturated heterocycles. The van der Waals surface area contributed by atoms with E-state index < -0.39 is 0 Å².